The zero-order valence-electron chi connectivity index (χ0n) is 15.8. The normalized spacial score (nSPS) is 14.8. The van der Waals surface area contributed by atoms with Crippen molar-refractivity contribution in [3.05, 3.63) is 36.4 Å². The van der Waals surface area contributed by atoms with Crippen molar-refractivity contribution in [1.82, 2.24) is 24.4 Å². The van der Waals surface area contributed by atoms with Crippen LogP contribution in [0.2, 0.25) is 0 Å². The van der Waals surface area contributed by atoms with Crippen molar-refractivity contribution >= 4 is 24.0 Å². The molecule has 1 fully saturated rings. The van der Waals surface area contributed by atoms with E-state index in [0.717, 1.165) is 32.1 Å². The van der Waals surface area contributed by atoms with E-state index < -0.39 is 18.1 Å². The Hall–Kier alpha value is -3.44. The first-order valence-corrected chi connectivity index (χ1v) is 9.14. The maximum atomic E-state index is 12.8. The van der Waals surface area contributed by atoms with E-state index in [2.05, 4.69) is 25.2 Å². The third-order valence-electron chi connectivity index (χ3n) is 4.63. The highest BCUT2D eigenvalue weighted by Gasteiger charge is 2.35. The number of nitrogens with one attached hydrogen (secondary N) is 1. The molecule has 3 aromatic rings. The van der Waals surface area contributed by atoms with Gasteiger partial charge in [0.15, 0.2) is 5.65 Å². The number of hydrogen-bond acceptors (Lipinski definition) is 6. The van der Waals surface area contributed by atoms with E-state index in [0.29, 0.717) is 0 Å². The molecule has 3 heterocycles. The van der Waals surface area contributed by atoms with Gasteiger partial charge in [-0.3, -0.25) is 9.48 Å². The van der Waals surface area contributed by atoms with Crippen molar-refractivity contribution < 1.29 is 27.5 Å². The molecule has 1 aliphatic carbocycles. The lowest BCUT2D eigenvalue weighted by Gasteiger charge is -2.21. The molecule has 0 aliphatic heterocycles. The molecule has 0 bridgehead atoms. The molecule has 1 N–H and O–H groups in total. The molecule has 1 amide bonds. The number of fused-ring (bicyclic) bond motifs is 1. The smallest absolute Gasteiger partial charge is 0.384 e. The molecule has 0 radical (unpaired) electrons. The fourth-order valence-corrected chi connectivity index (χ4v) is 3.36. The topological polar surface area (TPSA) is 103 Å². The quantitative estimate of drug-likeness (QED) is 0.689. The van der Waals surface area contributed by atoms with Crippen LogP contribution in [-0.4, -0.2) is 43.4 Å². The zero-order chi connectivity index (χ0) is 21.7. The number of hydrogen-bond donors (Lipinski definition) is 1. The summed E-state index contributed by atoms with van der Waals surface area (Å²) in [6.45, 7) is 2.00. The Morgan fingerprint density at radius 3 is 2.67 bits per heavy atom. The summed E-state index contributed by atoms with van der Waals surface area (Å²) in [7, 11) is 0. The molecule has 12 heteroatoms. The number of rotatable bonds is 4. The summed E-state index contributed by atoms with van der Waals surface area (Å²) in [5, 5.41) is 10.4. The summed E-state index contributed by atoms with van der Waals surface area (Å²) in [5.41, 5.74) is 0.269. The lowest BCUT2D eigenvalue weighted by atomic mass is 9.96. The van der Waals surface area contributed by atoms with E-state index in [-0.39, 0.29) is 22.9 Å². The standard InChI is InChI=1S/C17H17F3N6O2.CH2O/c18-17(19,20)28-16-13(10-26(24-16)11-5-2-1-3-6-11)23-15(27)12-9-22-25-8-4-7-21-14(12)25;1-2/h4,7-11H,1-3,5-6H2,(H,23,27);1H2. The molecule has 0 aromatic carbocycles. The lowest BCUT2D eigenvalue weighted by Crippen LogP contribution is -2.20. The molecule has 30 heavy (non-hydrogen) atoms. The highest BCUT2D eigenvalue weighted by molar-refractivity contribution is 6.08. The van der Waals surface area contributed by atoms with Crippen molar-refractivity contribution in [2.45, 2.75) is 44.5 Å². The van der Waals surface area contributed by atoms with Gasteiger partial charge in [0.1, 0.15) is 18.0 Å². The van der Waals surface area contributed by atoms with Gasteiger partial charge in [-0.05, 0) is 18.9 Å². The number of nitrogens with zero attached hydrogens (tertiary/aromatic N) is 5. The van der Waals surface area contributed by atoms with Gasteiger partial charge in [0.25, 0.3) is 11.8 Å². The second-order valence-corrected chi connectivity index (χ2v) is 6.57. The summed E-state index contributed by atoms with van der Waals surface area (Å²) in [6.07, 6.45) is 5.56. The molecule has 0 spiro atoms. The number of carbonyl (C=O) groups is 2. The summed E-state index contributed by atoms with van der Waals surface area (Å²) >= 11 is 0. The predicted molar refractivity (Wildman–Crippen MR) is 99.1 cm³/mol. The largest absolute Gasteiger partial charge is 0.574 e. The van der Waals surface area contributed by atoms with Crippen LogP contribution in [0.25, 0.3) is 5.65 Å². The summed E-state index contributed by atoms with van der Waals surface area (Å²) in [5.74, 6) is -1.33. The Labute approximate surface area is 168 Å². The first-order chi connectivity index (χ1) is 14.4. The Balaban J connectivity index is 0.00000124. The monoisotopic (exact) mass is 424 g/mol. The number of carbonyl (C=O) groups excluding carboxylic acids is 2. The van der Waals surface area contributed by atoms with E-state index >= 15 is 0 Å². The van der Waals surface area contributed by atoms with E-state index in [1.165, 1.54) is 27.8 Å². The molecule has 3 aromatic heterocycles. The highest BCUT2D eigenvalue weighted by Crippen LogP contribution is 2.34. The predicted octanol–water partition coefficient (Wildman–Crippen LogP) is 3.40. The number of anilines is 1. The van der Waals surface area contributed by atoms with Gasteiger partial charge in [-0.1, -0.05) is 19.3 Å². The Kier molecular flexibility index (Phi) is 6.33. The minimum absolute atomic E-state index is 0.0198. The van der Waals surface area contributed by atoms with Crippen molar-refractivity contribution in [3.8, 4) is 5.88 Å². The number of amides is 1. The van der Waals surface area contributed by atoms with Crippen LogP contribution < -0.4 is 10.1 Å². The first kappa shape index (κ1) is 21.3. The van der Waals surface area contributed by atoms with E-state index in [9.17, 15) is 18.0 Å². The van der Waals surface area contributed by atoms with E-state index in [1.807, 2.05) is 6.79 Å². The van der Waals surface area contributed by atoms with Crippen molar-refractivity contribution in [1.29, 1.82) is 0 Å². The maximum absolute atomic E-state index is 12.8. The van der Waals surface area contributed by atoms with Crippen LogP contribution in [0.4, 0.5) is 18.9 Å². The molecule has 0 atom stereocenters. The van der Waals surface area contributed by atoms with Gasteiger partial charge in [-0.15, -0.1) is 18.3 Å². The van der Waals surface area contributed by atoms with Crippen LogP contribution in [0, 0.1) is 0 Å². The van der Waals surface area contributed by atoms with Gasteiger partial charge in [0.05, 0.1) is 18.4 Å². The van der Waals surface area contributed by atoms with Crippen LogP contribution in [0.3, 0.4) is 0 Å². The lowest BCUT2D eigenvalue weighted by molar-refractivity contribution is -0.276. The fraction of sp³-hybridized carbons (Fsp3) is 0.389. The van der Waals surface area contributed by atoms with Crippen LogP contribution in [0.1, 0.15) is 48.5 Å². The molecule has 9 nitrogen and oxygen atoms in total. The molecule has 160 valence electrons. The van der Waals surface area contributed by atoms with Gasteiger partial charge in [0.2, 0.25) is 0 Å². The molecule has 1 saturated carbocycles. The number of ether oxygens (including phenoxy) is 1. The molecule has 0 unspecified atom stereocenters. The Morgan fingerprint density at radius 1 is 1.23 bits per heavy atom. The molecular weight excluding hydrogens is 405 g/mol. The second-order valence-electron chi connectivity index (χ2n) is 6.57. The van der Waals surface area contributed by atoms with Crippen molar-refractivity contribution in [2.75, 3.05) is 5.32 Å². The number of halogens is 3. The van der Waals surface area contributed by atoms with Gasteiger partial charge >= 0.3 is 6.36 Å². The van der Waals surface area contributed by atoms with Crippen LogP contribution in [0.5, 0.6) is 5.88 Å². The highest BCUT2D eigenvalue weighted by atomic mass is 19.4. The van der Waals surface area contributed by atoms with Gasteiger partial charge in [-0.25, -0.2) is 9.50 Å². The van der Waals surface area contributed by atoms with Gasteiger partial charge in [-0.2, -0.15) is 5.10 Å². The van der Waals surface area contributed by atoms with Crippen molar-refractivity contribution in [2.24, 2.45) is 0 Å². The fourth-order valence-electron chi connectivity index (χ4n) is 3.36. The zero-order valence-corrected chi connectivity index (χ0v) is 15.8. The van der Waals surface area contributed by atoms with Gasteiger partial charge < -0.3 is 14.8 Å². The summed E-state index contributed by atoms with van der Waals surface area (Å²) in [6, 6.07) is 1.62. The Morgan fingerprint density at radius 2 is 1.97 bits per heavy atom. The van der Waals surface area contributed by atoms with Gasteiger partial charge in [0, 0.05) is 12.4 Å². The van der Waals surface area contributed by atoms with Crippen molar-refractivity contribution in [3.63, 3.8) is 0 Å². The molecule has 0 saturated heterocycles. The number of aromatic nitrogens is 5. The first-order valence-electron chi connectivity index (χ1n) is 9.14. The average Bonchev–Trinajstić information content (AvgIpc) is 3.33. The number of alkyl halides is 3. The summed E-state index contributed by atoms with van der Waals surface area (Å²) < 4.78 is 45.2. The summed E-state index contributed by atoms with van der Waals surface area (Å²) in [4.78, 5) is 24.7. The molecule has 4 rings (SSSR count). The van der Waals surface area contributed by atoms with Crippen LogP contribution >= 0.6 is 0 Å². The molecule has 1 aliphatic rings. The second kappa shape index (κ2) is 8.93. The average molecular weight is 424 g/mol. The third-order valence-corrected chi connectivity index (χ3v) is 4.63. The van der Waals surface area contributed by atoms with Crippen LogP contribution in [0.15, 0.2) is 30.9 Å². The Bertz CT molecular complexity index is 1010. The minimum atomic E-state index is -4.92. The SMILES string of the molecule is C=O.O=C(Nc1cn(C2CCCCC2)nc1OC(F)(F)F)c1cnn2cccnc12. The van der Waals surface area contributed by atoms with E-state index in [4.69, 9.17) is 4.79 Å². The molecular formula is C18H19F3N6O3. The van der Waals surface area contributed by atoms with Crippen LogP contribution in [-0.2, 0) is 4.79 Å². The maximum Gasteiger partial charge on any atom is 0.574 e. The van der Waals surface area contributed by atoms with E-state index in [1.54, 1.807) is 12.3 Å². The third kappa shape index (κ3) is 4.75. The minimum Gasteiger partial charge on any atom is -0.384 e.